The third-order valence-corrected chi connectivity index (χ3v) is 5.07. The lowest BCUT2D eigenvalue weighted by atomic mass is 9.94. The van der Waals surface area contributed by atoms with Crippen LogP contribution in [-0.4, -0.2) is 40.6 Å². The number of methoxy groups -OCH3 is 1. The van der Waals surface area contributed by atoms with Gasteiger partial charge in [0.15, 0.2) is 0 Å². The zero-order valence-electron chi connectivity index (χ0n) is 15.5. The summed E-state index contributed by atoms with van der Waals surface area (Å²) in [6.07, 6.45) is 4.78. The molecule has 1 atom stereocenters. The van der Waals surface area contributed by atoms with E-state index in [1.807, 2.05) is 17.0 Å². The number of amides is 1. The fraction of sp³-hybridized carbons (Fsp3) is 0.450. The number of likely N-dealkylation sites (tertiary alicyclic amines) is 1. The predicted octanol–water partition coefficient (Wildman–Crippen LogP) is 1.73. The van der Waals surface area contributed by atoms with Crippen molar-refractivity contribution in [3.05, 3.63) is 62.9 Å². The first-order valence-corrected chi connectivity index (χ1v) is 9.28. The molecule has 1 aromatic carbocycles. The molecule has 1 aliphatic heterocycles. The van der Waals surface area contributed by atoms with Gasteiger partial charge in [-0.3, -0.25) is 14.6 Å². The fourth-order valence-electron chi connectivity index (χ4n) is 3.51. The van der Waals surface area contributed by atoms with Crippen LogP contribution in [0.1, 0.15) is 37.2 Å². The van der Waals surface area contributed by atoms with E-state index in [-0.39, 0.29) is 18.9 Å². The number of carbonyl (C=O) groups is 1. The highest BCUT2D eigenvalue weighted by Crippen LogP contribution is 2.28. The molecule has 7 heteroatoms. The van der Waals surface area contributed by atoms with E-state index >= 15 is 0 Å². The van der Waals surface area contributed by atoms with Crippen molar-refractivity contribution in [2.24, 2.45) is 0 Å². The first kappa shape index (κ1) is 18.9. The van der Waals surface area contributed by atoms with Gasteiger partial charge in [-0.25, -0.2) is 4.79 Å². The zero-order valence-corrected chi connectivity index (χ0v) is 15.5. The summed E-state index contributed by atoms with van der Waals surface area (Å²) in [5.41, 5.74) is 0.298. The molecule has 0 spiro atoms. The first-order valence-electron chi connectivity index (χ1n) is 9.28. The molecule has 1 fully saturated rings. The Morgan fingerprint density at radius 3 is 2.67 bits per heavy atom. The van der Waals surface area contributed by atoms with Crippen molar-refractivity contribution in [2.75, 3.05) is 20.2 Å². The normalized spacial score (nSPS) is 17.4. The smallest absolute Gasteiger partial charge is 0.328 e. The van der Waals surface area contributed by atoms with Crippen molar-refractivity contribution in [3.63, 3.8) is 0 Å². The predicted molar refractivity (Wildman–Crippen MR) is 102 cm³/mol. The molecule has 0 aliphatic carbocycles. The number of aromatic amines is 1. The van der Waals surface area contributed by atoms with Crippen molar-refractivity contribution in [3.8, 4) is 5.75 Å². The number of carbonyl (C=O) groups excluding carboxylic acids is 1. The molecule has 27 heavy (non-hydrogen) atoms. The van der Waals surface area contributed by atoms with Crippen LogP contribution < -0.4 is 16.0 Å². The molecule has 2 aromatic rings. The number of hydrogen-bond acceptors (Lipinski definition) is 4. The Morgan fingerprint density at radius 2 is 1.96 bits per heavy atom. The molecule has 1 N–H and O–H groups in total. The second kappa shape index (κ2) is 8.70. The summed E-state index contributed by atoms with van der Waals surface area (Å²) < 4.78 is 6.58. The fourth-order valence-corrected chi connectivity index (χ4v) is 3.51. The van der Waals surface area contributed by atoms with Gasteiger partial charge in [0.1, 0.15) is 5.75 Å². The number of nitrogens with one attached hydrogen (secondary N) is 1. The summed E-state index contributed by atoms with van der Waals surface area (Å²) in [7, 11) is 1.65. The largest absolute Gasteiger partial charge is 0.497 e. The van der Waals surface area contributed by atoms with Gasteiger partial charge >= 0.3 is 5.69 Å². The van der Waals surface area contributed by atoms with Crippen molar-refractivity contribution in [1.82, 2.24) is 14.5 Å². The Balaban J connectivity index is 1.64. The van der Waals surface area contributed by atoms with E-state index in [1.165, 1.54) is 22.4 Å². The molecule has 1 aliphatic rings. The summed E-state index contributed by atoms with van der Waals surface area (Å²) in [5.74, 6) is 1.17. The van der Waals surface area contributed by atoms with E-state index < -0.39 is 11.2 Å². The molecule has 0 saturated carbocycles. The van der Waals surface area contributed by atoms with Crippen LogP contribution in [0.5, 0.6) is 5.75 Å². The van der Waals surface area contributed by atoms with Gasteiger partial charge in [0, 0.05) is 44.2 Å². The molecule has 0 radical (unpaired) electrons. The number of aryl methyl sites for hydroxylation is 1. The molecular formula is C20H25N3O4. The molecular weight excluding hydrogens is 346 g/mol. The van der Waals surface area contributed by atoms with Gasteiger partial charge in [0.2, 0.25) is 5.91 Å². The van der Waals surface area contributed by atoms with Gasteiger partial charge < -0.3 is 14.2 Å². The van der Waals surface area contributed by atoms with E-state index in [0.717, 1.165) is 31.6 Å². The van der Waals surface area contributed by atoms with Crippen molar-refractivity contribution < 1.29 is 9.53 Å². The lowest BCUT2D eigenvalue weighted by Crippen LogP contribution is -2.36. The average Bonchev–Trinajstić information content (AvgIpc) is 2.93. The van der Waals surface area contributed by atoms with E-state index in [9.17, 15) is 14.4 Å². The van der Waals surface area contributed by atoms with Gasteiger partial charge in [-0.15, -0.1) is 0 Å². The highest BCUT2D eigenvalue weighted by Gasteiger charge is 2.23. The van der Waals surface area contributed by atoms with Crippen LogP contribution in [0.25, 0.3) is 0 Å². The third-order valence-electron chi connectivity index (χ3n) is 5.07. The van der Waals surface area contributed by atoms with Crippen LogP contribution in [0.3, 0.4) is 0 Å². The van der Waals surface area contributed by atoms with Crippen LogP contribution in [0.15, 0.2) is 46.1 Å². The lowest BCUT2D eigenvalue weighted by molar-refractivity contribution is -0.131. The quantitative estimate of drug-likeness (QED) is 0.868. The number of aromatic nitrogens is 2. The van der Waals surface area contributed by atoms with E-state index in [0.29, 0.717) is 12.5 Å². The summed E-state index contributed by atoms with van der Waals surface area (Å²) in [6, 6.07) is 9.33. The molecule has 1 amide bonds. The van der Waals surface area contributed by atoms with Crippen LogP contribution in [0, 0.1) is 0 Å². The van der Waals surface area contributed by atoms with Crippen molar-refractivity contribution in [2.45, 2.75) is 38.1 Å². The summed E-state index contributed by atoms with van der Waals surface area (Å²) in [6.45, 7) is 1.69. The summed E-state index contributed by atoms with van der Waals surface area (Å²) in [4.78, 5) is 39.7. The minimum atomic E-state index is -0.484. The maximum Gasteiger partial charge on any atom is 0.328 e. The van der Waals surface area contributed by atoms with Crippen LogP contribution in [0.2, 0.25) is 0 Å². The standard InChI is InChI=1S/C20H25N3O4/c1-27-17-7-5-15(6-8-17)16-4-2-3-11-23(14-16)19(25)10-13-22-12-9-18(24)21-20(22)26/h5-9,12,16H,2-4,10-11,13-14H2,1H3,(H,21,24,26). The zero-order chi connectivity index (χ0) is 19.2. The number of benzene rings is 1. The van der Waals surface area contributed by atoms with Gasteiger partial charge in [-0.05, 0) is 30.5 Å². The topological polar surface area (TPSA) is 84.4 Å². The Kier molecular flexibility index (Phi) is 6.11. The molecule has 2 heterocycles. The number of H-pyrrole nitrogens is 1. The van der Waals surface area contributed by atoms with E-state index in [1.54, 1.807) is 7.11 Å². The molecule has 1 saturated heterocycles. The number of ether oxygens (including phenoxy) is 1. The third kappa shape index (κ3) is 4.87. The van der Waals surface area contributed by atoms with Gasteiger partial charge in [-0.2, -0.15) is 0 Å². The monoisotopic (exact) mass is 371 g/mol. The average molecular weight is 371 g/mol. The molecule has 1 unspecified atom stereocenters. The highest BCUT2D eigenvalue weighted by molar-refractivity contribution is 5.76. The molecule has 0 bridgehead atoms. The Hall–Kier alpha value is -2.83. The highest BCUT2D eigenvalue weighted by atomic mass is 16.5. The van der Waals surface area contributed by atoms with Gasteiger partial charge in [0.25, 0.3) is 5.56 Å². The van der Waals surface area contributed by atoms with Gasteiger partial charge in [-0.1, -0.05) is 18.6 Å². The van der Waals surface area contributed by atoms with Crippen LogP contribution in [-0.2, 0) is 11.3 Å². The second-order valence-electron chi connectivity index (χ2n) is 6.86. The van der Waals surface area contributed by atoms with E-state index in [4.69, 9.17) is 4.74 Å². The number of hydrogen-bond donors (Lipinski definition) is 1. The number of nitrogens with zero attached hydrogens (tertiary/aromatic N) is 2. The Labute approximate surface area is 157 Å². The second-order valence-corrected chi connectivity index (χ2v) is 6.86. The maximum absolute atomic E-state index is 12.7. The van der Waals surface area contributed by atoms with Gasteiger partial charge in [0.05, 0.1) is 7.11 Å². The van der Waals surface area contributed by atoms with Crippen molar-refractivity contribution in [1.29, 1.82) is 0 Å². The molecule has 144 valence electrons. The van der Waals surface area contributed by atoms with E-state index in [2.05, 4.69) is 17.1 Å². The van der Waals surface area contributed by atoms with Crippen LogP contribution >= 0.6 is 0 Å². The van der Waals surface area contributed by atoms with Crippen LogP contribution in [0.4, 0.5) is 0 Å². The summed E-state index contributed by atoms with van der Waals surface area (Å²) in [5, 5.41) is 0. The lowest BCUT2D eigenvalue weighted by Gasteiger charge is -2.25. The first-order chi connectivity index (χ1) is 13.1. The molecule has 3 rings (SSSR count). The minimum Gasteiger partial charge on any atom is -0.497 e. The molecule has 7 nitrogen and oxygen atoms in total. The Bertz CT molecular complexity index is 885. The Morgan fingerprint density at radius 1 is 1.19 bits per heavy atom. The van der Waals surface area contributed by atoms with Crippen molar-refractivity contribution >= 4 is 5.91 Å². The SMILES string of the molecule is COc1ccc(C2CCCCN(C(=O)CCn3ccc(=O)[nH]c3=O)C2)cc1. The molecule has 1 aromatic heterocycles. The minimum absolute atomic E-state index is 0.0357. The number of rotatable bonds is 5. The summed E-state index contributed by atoms with van der Waals surface area (Å²) >= 11 is 0. The maximum atomic E-state index is 12.7.